The van der Waals surface area contributed by atoms with Crippen molar-refractivity contribution in [3.8, 4) is 0 Å². The molecule has 0 bridgehead atoms. The number of piperidine rings is 1. The Morgan fingerprint density at radius 2 is 1.81 bits per heavy atom. The Kier molecular flexibility index (Phi) is 8.34. The third-order valence-corrected chi connectivity index (χ3v) is 5.34. The van der Waals surface area contributed by atoms with E-state index in [0.717, 1.165) is 18.7 Å². The molecule has 1 saturated heterocycles. The van der Waals surface area contributed by atoms with E-state index in [-0.39, 0.29) is 35.4 Å². The average molecular weight is 443 g/mol. The van der Waals surface area contributed by atoms with Crippen LogP contribution in [-0.4, -0.2) is 68.4 Å². The molecule has 1 fully saturated rings. The highest BCUT2D eigenvalue weighted by molar-refractivity contribution is 5.82. The van der Waals surface area contributed by atoms with Crippen LogP contribution in [0.5, 0.6) is 0 Å². The number of amides is 2. The van der Waals surface area contributed by atoms with Crippen molar-refractivity contribution < 1.29 is 22.8 Å². The summed E-state index contributed by atoms with van der Waals surface area (Å²) in [5.74, 6) is -0.306. The number of hydrogen-bond acceptors (Lipinski definition) is 4. The number of nitrogens with one attached hydrogen (secondary N) is 2. The Bertz CT molecular complexity index is 757. The Morgan fingerprint density at radius 3 is 2.39 bits per heavy atom. The van der Waals surface area contributed by atoms with E-state index < -0.39 is 11.7 Å². The van der Waals surface area contributed by atoms with Crippen molar-refractivity contribution in [1.29, 1.82) is 0 Å². The lowest BCUT2D eigenvalue weighted by Gasteiger charge is -2.33. The fourth-order valence-electron chi connectivity index (χ4n) is 3.87. The van der Waals surface area contributed by atoms with Crippen LogP contribution in [0.25, 0.3) is 0 Å². The van der Waals surface area contributed by atoms with Gasteiger partial charge in [-0.05, 0) is 50.6 Å². The highest BCUT2D eigenvalue weighted by atomic mass is 19.4. The van der Waals surface area contributed by atoms with E-state index in [1.165, 1.54) is 12.1 Å². The standard InChI is InChI=1S/C22H33F3N4O2/c1-21(2,15-28(3)4)14-27-20(31)16-8-10-29(11-9-16)19(30)13-26-18-7-5-6-17(12-18)22(23,24)25/h5-7,12,16,26H,8-11,13-15H2,1-4H3,(H,27,31). The summed E-state index contributed by atoms with van der Waals surface area (Å²) in [7, 11) is 4.00. The highest BCUT2D eigenvalue weighted by Crippen LogP contribution is 2.30. The van der Waals surface area contributed by atoms with Gasteiger partial charge in [-0.2, -0.15) is 13.2 Å². The Hall–Kier alpha value is -2.29. The lowest BCUT2D eigenvalue weighted by atomic mass is 9.91. The normalized spacial score (nSPS) is 15.8. The molecular formula is C22H33F3N4O2. The number of carbonyl (C=O) groups excluding carboxylic acids is 2. The molecule has 1 aromatic rings. The second-order valence-electron chi connectivity index (χ2n) is 9.21. The molecule has 174 valence electrons. The van der Waals surface area contributed by atoms with E-state index in [1.54, 1.807) is 4.90 Å². The van der Waals surface area contributed by atoms with Crippen LogP contribution in [0.4, 0.5) is 18.9 Å². The maximum Gasteiger partial charge on any atom is 0.416 e. The monoisotopic (exact) mass is 442 g/mol. The molecule has 1 aliphatic heterocycles. The Labute approximate surface area is 182 Å². The van der Waals surface area contributed by atoms with E-state index in [4.69, 9.17) is 0 Å². The minimum Gasteiger partial charge on any atom is -0.376 e. The van der Waals surface area contributed by atoms with E-state index >= 15 is 0 Å². The molecule has 2 amide bonds. The zero-order valence-corrected chi connectivity index (χ0v) is 18.7. The molecular weight excluding hydrogens is 409 g/mol. The van der Waals surface area contributed by atoms with Gasteiger partial charge in [-0.15, -0.1) is 0 Å². The van der Waals surface area contributed by atoms with Crippen LogP contribution in [0.3, 0.4) is 0 Å². The molecule has 1 aliphatic rings. The highest BCUT2D eigenvalue weighted by Gasteiger charge is 2.31. The zero-order valence-electron chi connectivity index (χ0n) is 18.7. The average Bonchev–Trinajstić information content (AvgIpc) is 2.69. The van der Waals surface area contributed by atoms with Gasteiger partial charge in [-0.25, -0.2) is 0 Å². The molecule has 2 N–H and O–H groups in total. The van der Waals surface area contributed by atoms with Gasteiger partial charge in [0.2, 0.25) is 11.8 Å². The van der Waals surface area contributed by atoms with Gasteiger partial charge in [0.25, 0.3) is 0 Å². The first-order chi connectivity index (χ1) is 14.4. The summed E-state index contributed by atoms with van der Waals surface area (Å²) >= 11 is 0. The van der Waals surface area contributed by atoms with Crippen molar-refractivity contribution in [1.82, 2.24) is 15.1 Å². The van der Waals surface area contributed by atoms with Crippen LogP contribution in [0, 0.1) is 11.3 Å². The number of halogens is 3. The maximum absolute atomic E-state index is 12.8. The molecule has 0 saturated carbocycles. The molecule has 6 nitrogen and oxygen atoms in total. The third kappa shape index (κ3) is 8.05. The lowest BCUT2D eigenvalue weighted by Crippen LogP contribution is -2.46. The quantitative estimate of drug-likeness (QED) is 0.650. The van der Waals surface area contributed by atoms with Gasteiger partial charge in [0.05, 0.1) is 12.1 Å². The van der Waals surface area contributed by atoms with E-state index in [1.807, 2.05) is 14.1 Å². The van der Waals surface area contributed by atoms with E-state index in [2.05, 4.69) is 29.4 Å². The van der Waals surface area contributed by atoms with Crippen molar-refractivity contribution in [2.45, 2.75) is 32.9 Å². The predicted molar refractivity (Wildman–Crippen MR) is 115 cm³/mol. The summed E-state index contributed by atoms with van der Waals surface area (Å²) in [6.07, 6.45) is -3.27. The van der Waals surface area contributed by atoms with Crippen molar-refractivity contribution in [2.24, 2.45) is 11.3 Å². The van der Waals surface area contributed by atoms with Gasteiger partial charge >= 0.3 is 6.18 Å². The van der Waals surface area contributed by atoms with Gasteiger partial charge in [-0.1, -0.05) is 19.9 Å². The lowest BCUT2D eigenvalue weighted by molar-refractivity contribution is -0.137. The first-order valence-corrected chi connectivity index (χ1v) is 10.5. The smallest absolute Gasteiger partial charge is 0.376 e. The number of benzene rings is 1. The summed E-state index contributed by atoms with van der Waals surface area (Å²) < 4.78 is 38.4. The van der Waals surface area contributed by atoms with Crippen molar-refractivity contribution in [3.05, 3.63) is 29.8 Å². The topological polar surface area (TPSA) is 64.7 Å². The number of carbonyl (C=O) groups is 2. The van der Waals surface area contributed by atoms with E-state index in [9.17, 15) is 22.8 Å². The number of alkyl halides is 3. The predicted octanol–water partition coefficient (Wildman–Crippen LogP) is 3.06. The van der Waals surface area contributed by atoms with Crippen LogP contribution >= 0.6 is 0 Å². The Morgan fingerprint density at radius 1 is 1.16 bits per heavy atom. The minimum atomic E-state index is -4.42. The van der Waals surface area contributed by atoms with E-state index in [0.29, 0.717) is 32.5 Å². The number of nitrogens with zero attached hydrogens (tertiary/aromatic N) is 2. The van der Waals surface area contributed by atoms with Gasteiger partial charge in [-0.3, -0.25) is 9.59 Å². The first kappa shape index (κ1) is 25.0. The molecule has 0 aliphatic carbocycles. The Balaban J connectivity index is 1.77. The molecule has 1 aromatic carbocycles. The molecule has 2 rings (SSSR count). The van der Waals surface area contributed by atoms with Gasteiger partial charge in [0.1, 0.15) is 0 Å². The number of anilines is 1. The van der Waals surface area contributed by atoms with Gasteiger partial charge in [0, 0.05) is 37.8 Å². The second-order valence-corrected chi connectivity index (χ2v) is 9.21. The van der Waals surface area contributed by atoms with Crippen molar-refractivity contribution in [3.63, 3.8) is 0 Å². The van der Waals surface area contributed by atoms with Crippen LogP contribution in [-0.2, 0) is 15.8 Å². The largest absolute Gasteiger partial charge is 0.416 e. The van der Waals surface area contributed by atoms with Crippen LogP contribution in [0.15, 0.2) is 24.3 Å². The number of hydrogen-bond donors (Lipinski definition) is 2. The molecule has 0 unspecified atom stereocenters. The summed E-state index contributed by atoms with van der Waals surface area (Å²) in [5.41, 5.74) is -0.548. The fourth-order valence-corrected chi connectivity index (χ4v) is 3.87. The van der Waals surface area contributed by atoms with Crippen LogP contribution < -0.4 is 10.6 Å². The zero-order chi connectivity index (χ0) is 23.2. The summed E-state index contributed by atoms with van der Waals surface area (Å²) in [5, 5.41) is 5.80. The maximum atomic E-state index is 12.8. The summed E-state index contributed by atoms with van der Waals surface area (Å²) in [4.78, 5) is 28.7. The van der Waals surface area contributed by atoms with Crippen LogP contribution in [0.1, 0.15) is 32.3 Å². The summed E-state index contributed by atoms with van der Waals surface area (Å²) in [6, 6.07) is 4.78. The molecule has 0 radical (unpaired) electrons. The molecule has 0 spiro atoms. The first-order valence-electron chi connectivity index (χ1n) is 10.5. The number of rotatable bonds is 8. The molecule has 9 heteroatoms. The molecule has 31 heavy (non-hydrogen) atoms. The molecule has 0 aromatic heterocycles. The van der Waals surface area contributed by atoms with Crippen LogP contribution in [0.2, 0.25) is 0 Å². The van der Waals surface area contributed by atoms with Gasteiger partial charge < -0.3 is 20.4 Å². The van der Waals surface area contributed by atoms with Gasteiger partial charge in [0.15, 0.2) is 0 Å². The van der Waals surface area contributed by atoms with Crippen molar-refractivity contribution >= 4 is 17.5 Å². The number of likely N-dealkylation sites (tertiary alicyclic amines) is 1. The van der Waals surface area contributed by atoms with Crippen molar-refractivity contribution in [2.75, 3.05) is 52.1 Å². The second kappa shape index (κ2) is 10.3. The fraction of sp³-hybridized carbons (Fsp3) is 0.636. The summed E-state index contributed by atoms with van der Waals surface area (Å²) in [6.45, 7) is 6.49. The molecule has 0 atom stereocenters. The third-order valence-electron chi connectivity index (χ3n) is 5.34. The molecule has 1 heterocycles. The minimum absolute atomic E-state index is 0.0148. The SMILES string of the molecule is CN(C)CC(C)(C)CNC(=O)C1CCN(C(=O)CNc2cccc(C(F)(F)F)c2)CC1.